The van der Waals surface area contributed by atoms with Crippen molar-refractivity contribution in [1.82, 2.24) is 5.16 Å². The Morgan fingerprint density at radius 2 is 0.739 bits per heavy atom. The molecule has 119 heavy (non-hydrogen) atoms. The van der Waals surface area contributed by atoms with E-state index in [0.29, 0.717) is 50.5 Å². The second-order valence-electron chi connectivity index (χ2n) is 26.7. The number of benzene rings is 11. The number of ether oxygens (including phenoxy) is 4. The van der Waals surface area contributed by atoms with Gasteiger partial charge < -0.3 is 69.4 Å². The Bertz CT molecular complexity index is 6610. The molecule has 0 unspecified atom stereocenters. The summed E-state index contributed by atoms with van der Waals surface area (Å²) in [5.74, 6) is -1.31. The van der Waals surface area contributed by atoms with Gasteiger partial charge in [0.05, 0.1) is 35.5 Å². The van der Waals surface area contributed by atoms with Crippen LogP contribution in [0.25, 0.3) is 106 Å². The third kappa shape index (κ3) is 19.7. The maximum atomic E-state index is 14.5. The third-order valence-corrected chi connectivity index (χ3v) is 23.1. The van der Waals surface area contributed by atoms with Crippen LogP contribution in [0, 0.1) is 46.3 Å². The minimum absolute atomic E-state index is 0.0259. The van der Waals surface area contributed by atoms with Crippen molar-refractivity contribution in [2.75, 3.05) is 0 Å². The summed E-state index contributed by atoms with van der Waals surface area (Å²) in [6.45, 7) is 9.97. The highest BCUT2D eigenvalue weighted by Crippen LogP contribution is 2.53. The van der Waals surface area contributed by atoms with Gasteiger partial charge in [-0.25, -0.2) is 28.0 Å². The molecule has 0 spiro atoms. The maximum absolute atomic E-state index is 14.5. The van der Waals surface area contributed by atoms with Gasteiger partial charge in [-0.2, -0.15) is 0 Å². The number of phenolic OH excluding ortho intramolecular Hbond substituents is 5. The molecule has 0 fully saturated rings. The number of carbonyl (C=O) groups is 4. The molecular formula is C94H69F2NO18S4. The van der Waals surface area contributed by atoms with Gasteiger partial charge in [0.25, 0.3) is 0 Å². The molecule has 25 heteroatoms. The van der Waals surface area contributed by atoms with E-state index < -0.39 is 41.3 Å². The van der Waals surface area contributed by atoms with Gasteiger partial charge in [0.2, 0.25) is 0 Å². The van der Waals surface area contributed by atoms with Gasteiger partial charge in [-0.15, -0.1) is 45.3 Å². The van der Waals surface area contributed by atoms with E-state index in [0.717, 1.165) is 143 Å². The number of nitrogens with zero attached hydrogens (tertiary/aromatic N) is 1. The van der Waals surface area contributed by atoms with E-state index in [2.05, 4.69) is 50.2 Å². The molecule has 0 amide bonds. The summed E-state index contributed by atoms with van der Waals surface area (Å²) in [5.41, 5.74) is 10.9. The molecule has 0 aliphatic carbocycles. The van der Waals surface area contributed by atoms with Gasteiger partial charge in [0, 0.05) is 59.9 Å². The Morgan fingerprint density at radius 3 is 1.13 bits per heavy atom. The van der Waals surface area contributed by atoms with Crippen molar-refractivity contribution in [1.29, 1.82) is 0 Å². The first-order valence-electron chi connectivity index (χ1n) is 36.2. The summed E-state index contributed by atoms with van der Waals surface area (Å²) in [6.07, 6.45) is 10.3. The quantitative estimate of drug-likeness (QED) is 0.0320. The highest BCUT2D eigenvalue weighted by molar-refractivity contribution is 7.24. The lowest BCUT2D eigenvalue weighted by atomic mass is 10.0. The number of aryl methyl sites for hydroxylation is 4. The van der Waals surface area contributed by atoms with Crippen molar-refractivity contribution in [2.45, 2.75) is 34.6 Å². The van der Waals surface area contributed by atoms with Crippen molar-refractivity contribution < 1.29 is 97.4 Å². The maximum Gasteiger partial charge on any atom is 0.328 e. The van der Waals surface area contributed by atoms with Crippen molar-refractivity contribution in [3.8, 4) is 117 Å². The first kappa shape index (κ1) is 82.4. The van der Waals surface area contributed by atoms with Gasteiger partial charge in [-0.3, -0.25) is 0 Å². The fourth-order valence-electron chi connectivity index (χ4n) is 12.4. The Morgan fingerprint density at radius 1 is 0.378 bits per heavy atom. The summed E-state index contributed by atoms with van der Waals surface area (Å²) >= 11 is 5.64. The number of aromatic hydroxyl groups is 5. The van der Waals surface area contributed by atoms with E-state index in [9.17, 15) is 53.5 Å². The Hall–Kier alpha value is -14.6. The first-order valence-corrected chi connectivity index (χ1v) is 39.5. The number of hydrogen-bond donors (Lipinski definition) is 9. The fourth-order valence-corrected chi connectivity index (χ4v) is 17.4. The molecule has 0 aliphatic rings. The molecule has 16 aromatic rings. The van der Waals surface area contributed by atoms with Gasteiger partial charge in [-0.1, -0.05) is 96.2 Å². The van der Waals surface area contributed by atoms with Crippen LogP contribution in [0.2, 0.25) is 0 Å². The molecular weight excluding hydrogens is 1600 g/mol. The standard InChI is InChI=1S/C25H20O4S.C24H18O4S.C23H14F2O5S.C22H17NO5S/c1-15-4-3-5-20(16(15)2)25-24(21-12-9-18(26)14-22(21)30-25)29-19-10-6-17(7-11-19)8-13-23(27)28;1-15-4-2-3-5-19(15)24-23(20-12-9-17(25)14-21(20)29-24)28-18-10-6-16(7-11-18)8-13-22(26)27;24-17-11-16-21(30-15-8-1-12(2-9-15)3-10-18(27)28)22(13-4-6-14(26)7-5-13)31-23(16)19(25)20(17)29;1-12-20(13(2)28-23-12)22-21(17-9-6-15(24)11-18(17)29-22)27-16-7-3-14(4-8-16)5-10-19(25)26/h3-14,26H,1-2H3,(H,27,28);2-14,25H,1H3,(H,26,27);1-11,26,29H,(H,27,28);3-11,24H,1-2H3,(H,25,26)/b2*13-8+;10-3+;10-5+. The molecule has 5 aromatic heterocycles. The average molecular weight is 1670 g/mol. The van der Waals surface area contributed by atoms with Gasteiger partial charge in [-0.05, 0) is 248 Å². The highest BCUT2D eigenvalue weighted by atomic mass is 32.1. The number of phenols is 5. The topological polar surface area (TPSA) is 313 Å². The summed E-state index contributed by atoms with van der Waals surface area (Å²) in [4.78, 5) is 46.0. The molecule has 0 aliphatic heterocycles. The number of aliphatic carboxylic acids is 4. The van der Waals surface area contributed by atoms with Crippen LogP contribution in [0.1, 0.15) is 50.4 Å². The van der Waals surface area contributed by atoms with Crippen molar-refractivity contribution in [3.63, 3.8) is 0 Å². The minimum Gasteiger partial charge on any atom is -0.508 e. The van der Waals surface area contributed by atoms with Crippen LogP contribution < -0.4 is 18.9 Å². The summed E-state index contributed by atoms with van der Waals surface area (Å²) < 4.78 is 61.6. The highest BCUT2D eigenvalue weighted by Gasteiger charge is 2.27. The van der Waals surface area contributed by atoms with Crippen molar-refractivity contribution >= 4 is 134 Å². The zero-order valence-corrected chi connectivity index (χ0v) is 66.8. The Kier molecular flexibility index (Phi) is 25.2. The lowest BCUT2D eigenvalue weighted by Crippen LogP contribution is -1.89. The molecule has 0 saturated heterocycles. The molecule has 16 rings (SSSR count). The fraction of sp³-hybridized carbons (Fsp3) is 0.0532. The molecule has 596 valence electrons. The number of carboxylic acids is 4. The first-order chi connectivity index (χ1) is 57.2. The summed E-state index contributed by atoms with van der Waals surface area (Å²) in [7, 11) is 0. The van der Waals surface area contributed by atoms with Crippen LogP contribution in [0.15, 0.2) is 253 Å². The van der Waals surface area contributed by atoms with Gasteiger partial charge in [0.15, 0.2) is 40.4 Å². The lowest BCUT2D eigenvalue weighted by Gasteiger charge is -2.11. The van der Waals surface area contributed by atoms with E-state index in [1.807, 2.05) is 98.8 Å². The van der Waals surface area contributed by atoms with Crippen LogP contribution in [0.3, 0.4) is 0 Å². The Labute approximate surface area is 693 Å². The zero-order valence-electron chi connectivity index (χ0n) is 63.5. The number of aromatic nitrogens is 1. The molecule has 19 nitrogen and oxygen atoms in total. The van der Waals surface area contributed by atoms with Crippen molar-refractivity contribution in [2.24, 2.45) is 0 Å². The smallest absolute Gasteiger partial charge is 0.328 e. The van der Waals surface area contributed by atoms with E-state index in [-0.39, 0.29) is 38.8 Å². The van der Waals surface area contributed by atoms with Gasteiger partial charge in [0.1, 0.15) is 51.8 Å². The molecule has 0 radical (unpaired) electrons. The number of fused-ring (bicyclic) bond motifs is 4. The summed E-state index contributed by atoms with van der Waals surface area (Å²) in [5, 5.41) is 90.8. The van der Waals surface area contributed by atoms with Crippen LogP contribution in [-0.4, -0.2) is 75.0 Å². The number of halogens is 2. The van der Waals surface area contributed by atoms with E-state index in [1.165, 1.54) is 58.9 Å². The normalized spacial score (nSPS) is 11.3. The third-order valence-electron chi connectivity index (χ3n) is 18.4. The second kappa shape index (κ2) is 36.5. The minimum atomic E-state index is -1.11. The van der Waals surface area contributed by atoms with E-state index in [4.69, 9.17) is 43.9 Å². The van der Waals surface area contributed by atoms with Gasteiger partial charge >= 0.3 is 23.9 Å². The van der Waals surface area contributed by atoms with Crippen LogP contribution >= 0.6 is 45.3 Å². The Balaban J connectivity index is 0.000000137. The van der Waals surface area contributed by atoms with Crippen LogP contribution in [-0.2, 0) is 19.2 Å². The average Bonchev–Trinajstić information content (AvgIpc) is 1.63. The predicted octanol–water partition coefficient (Wildman–Crippen LogP) is 25.2. The zero-order chi connectivity index (χ0) is 84.3. The lowest BCUT2D eigenvalue weighted by molar-refractivity contribution is -0.132. The van der Waals surface area contributed by atoms with Crippen molar-refractivity contribution in [3.05, 3.63) is 311 Å². The SMILES string of the molecule is Cc1cccc(-c2sc3cc(O)ccc3c2Oc2ccc(/C=C/C(=O)O)cc2)c1C.Cc1ccccc1-c1sc2cc(O)ccc2c1Oc1ccc(/C=C/C(=O)O)cc1.Cc1noc(C)c1-c1sc2cc(O)ccc2c1Oc1ccc(/C=C/C(=O)O)cc1.O=C(O)/C=C/c1ccc(Oc2c(-c3ccc(O)cc3)sc3c(F)c(O)c(F)cc23)cc1. The summed E-state index contributed by atoms with van der Waals surface area (Å²) in [6, 6.07) is 65.3. The second-order valence-corrected chi connectivity index (χ2v) is 30.8. The van der Waals surface area contributed by atoms with Crippen LogP contribution in [0.4, 0.5) is 8.78 Å². The number of hydrogen-bond acceptors (Lipinski definition) is 19. The number of thiophene rings is 4. The molecule has 0 bridgehead atoms. The number of carboxylic acid groups (broad SMARTS) is 4. The van der Waals surface area contributed by atoms with E-state index in [1.54, 1.807) is 120 Å². The molecule has 11 aromatic carbocycles. The predicted molar refractivity (Wildman–Crippen MR) is 464 cm³/mol. The molecule has 5 heterocycles. The monoisotopic (exact) mass is 1670 g/mol. The van der Waals surface area contributed by atoms with E-state index >= 15 is 0 Å². The largest absolute Gasteiger partial charge is 0.508 e. The van der Waals surface area contributed by atoms with Crippen LogP contribution in [0.5, 0.6) is 74.7 Å². The molecule has 9 N–H and O–H groups in total. The molecule has 0 atom stereocenters. The number of rotatable bonds is 20. The molecule has 0 saturated carbocycles.